The third-order valence-corrected chi connectivity index (χ3v) is 5.68. The summed E-state index contributed by atoms with van der Waals surface area (Å²) in [6.45, 7) is 2.07. The Bertz CT molecular complexity index is 1050. The third kappa shape index (κ3) is 3.51. The summed E-state index contributed by atoms with van der Waals surface area (Å²) in [5.74, 6) is -0.323. The first kappa shape index (κ1) is 19.9. The summed E-state index contributed by atoms with van der Waals surface area (Å²) in [4.78, 5) is 11.5. The van der Waals surface area contributed by atoms with E-state index in [2.05, 4.69) is 54.6 Å². The van der Waals surface area contributed by atoms with Gasteiger partial charge in [-0.05, 0) is 52.4 Å². The standard InChI is InChI=1S/C26H24O4/c1-26(29-2,25(27)28)18-13-15-19(16-14-18)30-17-7-12-24-22-10-5-3-8-20(22)21-9-4-6-11-23(21)24/h3-6,8-16H,7,17H2,1-2H3,(H,27,28). The topological polar surface area (TPSA) is 55.8 Å². The van der Waals surface area contributed by atoms with Crippen LogP contribution in [0.25, 0.3) is 16.7 Å². The Morgan fingerprint density at radius 2 is 1.43 bits per heavy atom. The van der Waals surface area contributed by atoms with Gasteiger partial charge in [0.2, 0.25) is 0 Å². The van der Waals surface area contributed by atoms with Gasteiger partial charge in [-0.2, -0.15) is 0 Å². The predicted molar refractivity (Wildman–Crippen MR) is 118 cm³/mol. The minimum Gasteiger partial charge on any atom is -0.493 e. The van der Waals surface area contributed by atoms with E-state index in [1.165, 1.54) is 41.9 Å². The number of carbonyl (C=O) groups is 1. The van der Waals surface area contributed by atoms with E-state index in [0.717, 1.165) is 6.42 Å². The van der Waals surface area contributed by atoms with Crippen molar-refractivity contribution in [2.24, 2.45) is 0 Å². The average molecular weight is 400 g/mol. The molecule has 1 aliphatic carbocycles. The van der Waals surface area contributed by atoms with Gasteiger partial charge in [-0.15, -0.1) is 0 Å². The van der Waals surface area contributed by atoms with E-state index in [1.54, 1.807) is 24.3 Å². The zero-order valence-electron chi connectivity index (χ0n) is 17.1. The Morgan fingerprint density at radius 1 is 0.900 bits per heavy atom. The summed E-state index contributed by atoms with van der Waals surface area (Å²) < 4.78 is 11.1. The molecule has 0 spiro atoms. The maximum atomic E-state index is 11.5. The van der Waals surface area contributed by atoms with Crippen LogP contribution in [0.15, 0.2) is 78.9 Å². The molecule has 0 bridgehead atoms. The zero-order valence-corrected chi connectivity index (χ0v) is 17.1. The molecule has 0 fully saturated rings. The molecule has 0 saturated carbocycles. The van der Waals surface area contributed by atoms with Crippen LogP contribution in [-0.4, -0.2) is 24.8 Å². The van der Waals surface area contributed by atoms with Crippen LogP contribution >= 0.6 is 0 Å². The molecule has 0 radical (unpaired) electrons. The molecule has 4 nitrogen and oxygen atoms in total. The van der Waals surface area contributed by atoms with E-state index in [1.807, 2.05) is 0 Å². The molecule has 1 aliphatic rings. The monoisotopic (exact) mass is 400 g/mol. The summed E-state index contributed by atoms with van der Waals surface area (Å²) in [6.07, 6.45) is 3.00. The Labute approximate surface area is 176 Å². The van der Waals surface area contributed by atoms with E-state index in [4.69, 9.17) is 9.47 Å². The molecule has 0 amide bonds. The summed E-state index contributed by atoms with van der Waals surface area (Å²) >= 11 is 0. The van der Waals surface area contributed by atoms with Crippen LogP contribution in [0.4, 0.5) is 0 Å². The minimum atomic E-state index is -1.37. The lowest BCUT2D eigenvalue weighted by Crippen LogP contribution is -2.34. The van der Waals surface area contributed by atoms with Crippen molar-refractivity contribution >= 4 is 11.5 Å². The van der Waals surface area contributed by atoms with Crippen molar-refractivity contribution in [1.82, 2.24) is 0 Å². The number of fused-ring (bicyclic) bond motifs is 3. The first-order valence-corrected chi connectivity index (χ1v) is 9.96. The van der Waals surface area contributed by atoms with Crippen LogP contribution in [0.1, 0.15) is 30.0 Å². The molecule has 1 atom stereocenters. The molecule has 4 heteroatoms. The lowest BCUT2D eigenvalue weighted by Gasteiger charge is -2.23. The van der Waals surface area contributed by atoms with Crippen LogP contribution in [-0.2, 0) is 15.1 Å². The van der Waals surface area contributed by atoms with Gasteiger partial charge in [0, 0.05) is 13.5 Å². The molecule has 3 aromatic rings. The van der Waals surface area contributed by atoms with E-state index in [-0.39, 0.29) is 0 Å². The van der Waals surface area contributed by atoms with Crippen LogP contribution in [0.3, 0.4) is 0 Å². The number of carboxylic acid groups (broad SMARTS) is 1. The lowest BCUT2D eigenvalue weighted by molar-refractivity contribution is -0.161. The number of aliphatic carboxylic acids is 1. The van der Waals surface area contributed by atoms with Crippen LogP contribution < -0.4 is 4.74 Å². The minimum absolute atomic E-state index is 0.535. The van der Waals surface area contributed by atoms with Gasteiger partial charge >= 0.3 is 5.97 Å². The zero-order chi connectivity index (χ0) is 21.1. The highest BCUT2D eigenvalue weighted by molar-refractivity contribution is 6.01. The molecule has 30 heavy (non-hydrogen) atoms. The number of hydrogen-bond donors (Lipinski definition) is 1. The number of rotatable bonds is 7. The second-order valence-electron chi connectivity index (χ2n) is 7.41. The molecule has 3 aromatic carbocycles. The fourth-order valence-corrected chi connectivity index (χ4v) is 3.85. The van der Waals surface area contributed by atoms with E-state index < -0.39 is 11.6 Å². The van der Waals surface area contributed by atoms with Gasteiger partial charge in [0.15, 0.2) is 5.60 Å². The van der Waals surface area contributed by atoms with Gasteiger partial charge in [-0.1, -0.05) is 66.7 Å². The first-order chi connectivity index (χ1) is 14.5. The number of benzene rings is 3. The van der Waals surface area contributed by atoms with Gasteiger partial charge in [-0.25, -0.2) is 4.79 Å². The molecule has 152 valence electrons. The number of ether oxygens (including phenoxy) is 2. The second kappa shape index (κ2) is 8.17. The summed E-state index contributed by atoms with van der Waals surface area (Å²) in [5.41, 5.74) is 5.52. The van der Waals surface area contributed by atoms with Crippen molar-refractivity contribution in [3.8, 4) is 16.9 Å². The van der Waals surface area contributed by atoms with E-state index in [9.17, 15) is 9.90 Å². The van der Waals surface area contributed by atoms with Crippen molar-refractivity contribution in [3.63, 3.8) is 0 Å². The number of carboxylic acids is 1. The molecule has 0 aromatic heterocycles. The summed E-state index contributed by atoms with van der Waals surface area (Å²) in [6, 6.07) is 24.0. The highest BCUT2D eigenvalue weighted by Crippen LogP contribution is 2.43. The highest BCUT2D eigenvalue weighted by Gasteiger charge is 2.35. The SMILES string of the molecule is COC(C)(C(=O)O)c1ccc(OCCC=C2c3ccccc3-c3ccccc32)cc1. The second-order valence-corrected chi connectivity index (χ2v) is 7.41. The largest absolute Gasteiger partial charge is 0.493 e. The molecule has 0 aliphatic heterocycles. The molecule has 1 unspecified atom stereocenters. The van der Waals surface area contributed by atoms with Crippen molar-refractivity contribution in [2.75, 3.05) is 13.7 Å². The molecular formula is C26H24O4. The van der Waals surface area contributed by atoms with Gasteiger partial charge in [0.1, 0.15) is 5.75 Å². The fourth-order valence-electron chi connectivity index (χ4n) is 3.85. The van der Waals surface area contributed by atoms with Crippen molar-refractivity contribution < 1.29 is 19.4 Å². The predicted octanol–water partition coefficient (Wildman–Crippen LogP) is 5.51. The molecule has 0 heterocycles. The molecule has 1 N–H and O–H groups in total. The van der Waals surface area contributed by atoms with Crippen molar-refractivity contribution in [1.29, 1.82) is 0 Å². The van der Waals surface area contributed by atoms with Gasteiger partial charge in [0.05, 0.1) is 6.61 Å². The smallest absolute Gasteiger partial charge is 0.340 e. The average Bonchev–Trinajstić information content (AvgIpc) is 3.10. The fraction of sp³-hybridized carbons (Fsp3) is 0.192. The normalized spacial score (nSPS) is 13.9. The van der Waals surface area contributed by atoms with E-state index in [0.29, 0.717) is 17.9 Å². The lowest BCUT2D eigenvalue weighted by atomic mass is 9.96. The van der Waals surface area contributed by atoms with Crippen molar-refractivity contribution in [2.45, 2.75) is 18.9 Å². The maximum Gasteiger partial charge on any atom is 0.340 e. The summed E-state index contributed by atoms with van der Waals surface area (Å²) in [5, 5.41) is 9.41. The molecule has 4 rings (SSSR count). The third-order valence-electron chi connectivity index (χ3n) is 5.68. The Kier molecular flexibility index (Phi) is 5.42. The van der Waals surface area contributed by atoms with Crippen LogP contribution in [0.5, 0.6) is 5.75 Å². The Morgan fingerprint density at radius 3 is 1.93 bits per heavy atom. The van der Waals surface area contributed by atoms with Gasteiger partial charge in [0.25, 0.3) is 0 Å². The molecule has 0 saturated heterocycles. The Hall–Kier alpha value is -3.37. The highest BCUT2D eigenvalue weighted by atomic mass is 16.5. The van der Waals surface area contributed by atoms with E-state index >= 15 is 0 Å². The molecular weight excluding hydrogens is 376 g/mol. The van der Waals surface area contributed by atoms with Crippen LogP contribution in [0.2, 0.25) is 0 Å². The first-order valence-electron chi connectivity index (χ1n) is 9.96. The maximum absolute atomic E-state index is 11.5. The number of hydrogen-bond acceptors (Lipinski definition) is 3. The summed E-state index contributed by atoms with van der Waals surface area (Å²) in [7, 11) is 1.39. The number of methoxy groups -OCH3 is 1. The quantitative estimate of drug-likeness (QED) is 0.415. The van der Waals surface area contributed by atoms with Crippen molar-refractivity contribution in [3.05, 3.63) is 95.6 Å². The van der Waals surface area contributed by atoms with Gasteiger partial charge < -0.3 is 14.6 Å². The Balaban J connectivity index is 1.44. The van der Waals surface area contributed by atoms with Gasteiger partial charge in [-0.3, -0.25) is 0 Å². The van der Waals surface area contributed by atoms with Crippen LogP contribution in [0, 0.1) is 0 Å².